The normalized spacial score (nSPS) is 27.7. The van der Waals surface area contributed by atoms with Crippen LogP contribution in [0.1, 0.15) is 42.8 Å². The molecule has 1 atom stereocenters. The van der Waals surface area contributed by atoms with Crippen LogP contribution in [0, 0.1) is 11.8 Å². The van der Waals surface area contributed by atoms with E-state index in [1.165, 1.54) is 30.4 Å². The van der Waals surface area contributed by atoms with E-state index in [2.05, 4.69) is 18.7 Å². The standard InChI is InChI=1S/C20H25NO3S2/c1-20(2)16(13-6-8-21(20)9-7-13)12-17(22)19-10-14-4-5-15(26(3,23)24)11-18(14)25-19/h4-5,10-11,13,16H,6-9,12H2,1-3H3/t16-/m1/s1. The Morgan fingerprint density at radius 3 is 2.54 bits per heavy atom. The third kappa shape index (κ3) is 3.02. The van der Waals surface area contributed by atoms with Gasteiger partial charge >= 0.3 is 0 Å². The first-order valence-corrected chi connectivity index (χ1v) is 11.9. The number of ketones is 1. The second-order valence-electron chi connectivity index (χ2n) is 8.29. The highest BCUT2D eigenvalue weighted by Gasteiger charge is 2.47. The first-order chi connectivity index (χ1) is 12.2. The van der Waals surface area contributed by atoms with Crippen LogP contribution in [0.25, 0.3) is 10.1 Å². The molecule has 3 aliphatic heterocycles. The molecule has 2 bridgehead atoms. The van der Waals surface area contributed by atoms with Crippen LogP contribution < -0.4 is 0 Å². The Labute approximate surface area is 159 Å². The number of fused-ring (bicyclic) bond motifs is 4. The Hall–Kier alpha value is -1.24. The van der Waals surface area contributed by atoms with E-state index in [9.17, 15) is 13.2 Å². The van der Waals surface area contributed by atoms with Crippen molar-refractivity contribution < 1.29 is 13.2 Å². The summed E-state index contributed by atoms with van der Waals surface area (Å²) in [5.41, 5.74) is 0.0803. The summed E-state index contributed by atoms with van der Waals surface area (Å²) < 4.78 is 24.4. The highest BCUT2D eigenvalue weighted by molar-refractivity contribution is 7.90. The minimum Gasteiger partial charge on any atom is -0.298 e. The number of Topliss-reactive ketones (excluding diaryl/α,β-unsaturated/α-hetero) is 1. The second-order valence-corrected chi connectivity index (χ2v) is 11.4. The number of rotatable bonds is 4. The van der Waals surface area contributed by atoms with E-state index in [4.69, 9.17) is 0 Å². The Morgan fingerprint density at radius 2 is 1.92 bits per heavy atom. The van der Waals surface area contributed by atoms with E-state index < -0.39 is 9.84 Å². The lowest BCUT2D eigenvalue weighted by Crippen LogP contribution is -2.61. The van der Waals surface area contributed by atoms with Crippen molar-refractivity contribution >= 4 is 37.0 Å². The predicted octanol–water partition coefficient (Wildman–Crippen LogP) is 4.00. The average Bonchev–Trinajstić information content (AvgIpc) is 3.01. The van der Waals surface area contributed by atoms with Gasteiger partial charge in [0.25, 0.3) is 0 Å². The fraction of sp³-hybridized carbons (Fsp3) is 0.550. The first-order valence-electron chi connectivity index (χ1n) is 9.18. The molecule has 0 radical (unpaired) electrons. The third-order valence-electron chi connectivity index (χ3n) is 6.43. The number of benzene rings is 1. The first kappa shape index (κ1) is 18.1. The number of thiophene rings is 1. The Kier molecular flexibility index (Phi) is 4.29. The van der Waals surface area contributed by atoms with Crippen molar-refractivity contribution in [3.8, 4) is 0 Å². The van der Waals surface area contributed by atoms with Crippen LogP contribution in [0.5, 0.6) is 0 Å². The van der Waals surface area contributed by atoms with Gasteiger partial charge in [0.15, 0.2) is 15.6 Å². The largest absolute Gasteiger partial charge is 0.298 e. The molecule has 0 saturated carbocycles. The van der Waals surface area contributed by atoms with Crippen molar-refractivity contribution in [2.24, 2.45) is 11.8 Å². The number of carbonyl (C=O) groups excluding carboxylic acids is 1. The molecular formula is C20H25NO3S2. The summed E-state index contributed by atoms with van der Waals surface area (Å²) in [5, 5.41) is 0.943. The molecule has 0 unspecified atom stereocenters. The van der Waals surface area contributed by atoms with Gasteiger partial charge in [0.05, 0.1) is 9.77 Å². The van der Waals surface area contributed by atoms with Crippen LogP contribution in [0.4, 0.5) is 0 Å². The highest BCUT2D eigenvalue weighted by Crippen LogP contribution is 2.46. The monoisotopic (exact) mass is 391 g/mol. The molecule has 140 valence electrons. The van der Waals surface area contributed by atoms with Crippen molar-refractivity contribution in [1.82, 2.24) is 4.90 Å². The number of piperidine rings is 3. The molecule has 0 amide bonds. The van der Waals surface area contributed by atoms with Crippen LogP contribution in [-0.2, 0) is 9.84 Å². The zero-order valence-corrected chi connectivity index (χ0v) is 17.1. The number of hydrogen-bond acceptors (Lipinski definition) is 5. The van der Waals surface area contributed by atoms with Crippen molar-refractivity contribution in [2.45, 2.75) is 43.5 Å². The van der Waals surface area contributed by atoms with E-state index in [1.54, 1.807) is 18.2 Å². The SMILES string of the molecule is CC1(C)[C@H](CC(=O)c2cc3ccc(S(C)(=O)=O)cc3s2)C2CCN1CC2. The minimum atomic E-state index is -3.23. The van der Waals surface area contributed by atoms with Gasteiger partial charge in [-0.05, 0) is 75.2 Å². The van der Waals surface area contributed by atoms with Crippen molar-refractivity contribution in [3.05, 3.63) is 29.1 Å². The van der Waals surface area contributed by atoms with E-state index in [1.807, 2.05) is 6.07 Å². The smallest absolute Gasteiger partial charge is 0.175 e. The third-order valence-corrected chi connectivity index (χ3v) is 8.68. The zero-order chi connectivity index (χ0) is 18.7. The highest BCUT2D eigenvalue weighted by atomic mass is 32.2. The molecule has 4 nitrogen and oxygen atoms in total. The Bertz CT molecular complexity index is 966. The molecule has 6 heteroatoms. The summed E-state index contributed by atoms with van der Waals surface area (Å²) in [6.45, 7) is 6.86. The molecule has 3 fully saturated rings. The van der Waals surface area contributed by atoms with Crippen molar-refractivity contribution in [1.29, 1.82) is 0 Å². The van der Waals surface area contributed by atoms with E-state index in [0.29, 0.717) is 23.2 Å². The van der Waals surface area contributed by atoms with Gasteiger partial charge in [-0.3, -0.25) is 9.69 Å². The van der Waals surface area contributed by atoms with Crippen LogP contribution in [-0.4, -0.2) is 44.0 Å². The minimum absolute atomic E-state index is 0.0803. The van der Waals surface area contributed by atoms with Crippen molar-refractivity contribution in [2.75, 3.05) is 19.3 Å². The maximum absolute atomic E-state index is 13.0. The summed E-state index contributed by atoms with van der Waals surface area (Å²) in [5.74, 6) is 1.23. The molecule has 4 heterocycles. The summed E-state index contributed by atoms with van der Waals surface area (Å²) in [4.78, 5) is 16.6. The fourth-order valence-electron chi connectivity index (χ4n) is 4.79. The summed E-state index contributed by atoms with van der Waals surface area (Å²) in [6.07, 6.45) is 4.19. The number of nitrogens with zero attached hydrogens (tertiary/aromatic N) is 1. The van der Waals surface area contributed by atoms with Crippen LogP contribution >= 0.6 is 11.3 Å². The second kappa shape index (κ2) is 6.14. The molecule has 2 aromatic rings. The number of sulfone groups is 1. The number of carbonyl (C=O) groups is 1. The van der Waals surface area contributed by atoms with Gasteiger partial charge in [-0.1, -0.05) is 6.07 Å². The fourth-order valence-corrected chi connectivity index (χ4v) is 6.56. The van der Waals surface area contributed by atoms with Crippen LogP contribution in [0.15, 0.2) is 29.2 Å². The molecule has 26 heavy (non-hydrogen) atoms. The van der Waals surface area contributed by atoms with Gasteiger partial charge in [-0.15, -0.1) is 11.3 Å². The molecule has 1 aromatic carbocycles. The van der Waals surface area contributed by atoms with E-state index in [-0.39, 0.29) is 11.3 Å². The van der Waals surface area contributed by atoms with Gasteiger partial charge < -0.3 is 0 Å². The quantitative estimate of drug-likeness (QED) is 0.739. The van der Waals surface area contributed by atoms with Gasteiger partial charge in [-0.2, -0.15) is 0 Å². The molecule has 1 aromatic heterocycles. The zero-order valence-electron chi connectivity index (χ0n) is 15.5. The lowest BCUT2D eigenvalue weighted by molar-refractivity contribution is -0.0643. The Balaban J connectivity index is 1.60. The van der Waals surface area contributed by atoms with Gasteiger partial charge in [0, 0.05) is 22.9 Å². The number of hydrogen-bond donors (Lipinski definition) is 0. The molecule has 0 spiro atoms. The topological polar surface area (TPSA) is 54.5 Å². The van der Waals surface area contributed by atoms with E-state index >= 15 is 0 Å². The maximum atomic E-state index is 13.0. The molecule has 3 aliphatic rings. The molecular weight excluding hydrogens is 366 g/mol. The summed E-state index contributed by atoms with van der Waals surface area (Å²) in [7, 11) is -3.23. The lowest BCUT2D eigenvalue weighted by Gasteiger charge is -2.56. The van der Waals surface area contributed by atoms with Crippen LogP contribution in [0.2, 0.25) is 0 Å². The summed E-state index contributed by atoms with van der Waals surface area (Å²) in [6, 6.07) is 7.03. The van der Waals surface area contributed by atoms with Crippen molar-refractivity contribution in [3.63, 3.8) is 0 Å². The van der Waals surface area contributed by atoms with E-state index in [0.717, 1.165) is 28.1 Å². The van der Waals surface area contributed by atoms with Gasteiger partial charge in [0.2, 0.25) is 0 Å². The molecule has 3 saturated heterocycles. The van der Waals surface area contributed by atoms with Gasteiger partial charge in [-0.25, -0.2) is 8.42 Å². The molecule has 5 rings (SSSR count). The maximum Gasteiger partial charge on any atom is 0.175 e. The predicted molar refractivity (Wildman–Crippen MR) is 106 cm³/mol. The average molecular weight is 392 g/mol. The van der Waals surface area contributed by atoms with Crippen LogP contribution in [0.3, 0.4) is 0 Å². The molecule has 0 aliphatic carbocycles. The Morgan fingerprint density at radius 1 is 1.23 bits per heavy atom. The lowest BCUT2D eigenvalue weighted by atomic mass is 9.65. The molecule has 0 N–H and O–H groups in total. The summed E-state index contributed by atoms with van der Waals surface area (Å²) >= 11 is 1.42. The van der Waals surface area contributed by atoms with Gasteiger partial charge in [0.1, 0.15) is 0 Å².